The first kappa shape index (κ1) is 11.5. The first-order valence-electron chi connectivity index (χ1n) is 3.76. The van der Waals surface area contributed by atoms with Gasteiger partial charge in [-0.1, -0.05) is 0 Å². The summed E-state index contributed by atoms with van der Waals surface area (Å²) in [5, 5.41) is 0.0495. The average molecular weight is 231 g/mol. The van der Waals surface area contributed by atoms with Gasteiger partial charge in [-0.2, -0.15) is 0 Å². The minimum atomic E-state index is -0.880. The lowest BCUT2D eigenvalue weighted by atomic mass is 10.2. The highest BCUT2D eigenvalue weighted by atomic mass is 32.1. The fraction of sp³-hybridized carbons (Fsp3) is 0. The zero-order chi connectivity index (χ0) is 11.6. The smallest absolute Gasteiger partial charge is 0.274 e. The Morgan fingerprint density at radius 2 is 1.73 bits per heavy atom. The molecule has 1 aromatic rings. The highest BCUT2D eigenvalue weighted by Gasteiger charge is 2.16. The standard InChI is InChI=1S/C8H7F2N3OS/c9-5-1-4(2-6(10)3-5)7(14)13(12)8(11)15/h1-3H,12H2,(H2,11,15). The number of carbonyl (C=O) groups excluding carboxylic acids is 1. The van der Waals surface area contributed by atoms with E-state index in [1.165, 1.54) is 0 Å². The number of hydrogen-bond acceptors (Lipinski definition) is 3. The van der Waals surface area contributed by atoms with E-state index >= 15 is 0 Å². The van der Waals surface area contributed by atoms with Crippen molar-refractivity contribution >= 4 is 23.2 Å². The molecule has 4 nitrogen and oxygen atoms in total. The van der Waals surface area contributed by atoms with Crippen LogP contribution < -0.4 is 11.6 Å². The molecule has 0 spiro atoms. The third-order valence-corrected chi connectivity index (χ3v) is 1.76. The van der Waals surface area contributed by atoms with E-state index in [0.29, 0.717) is 11.1 Å². The van der Waals surface area contributed by atoms with E-state index < -0.39 is 17.5 Å². The molecule has 0 aromatic heterocycles. The maximum atomic E-state index is 12.7. The molecule has 1 aromatic carbocycles. The van der Waals surface area contributed by atoms with Crippen LogP contribution >= 0.6 is 12.2 Å². The number of hydrogen-bond donors (Lipinski definition) is 2. The number of benzene rings is 1. The number of nitrogens with two attached hydrogens (primary N) is 2. The van der Waals surface area contributed by atoms with Gasteiger partial charge >= 0.3 is 0 Å². The molecule has 1 amide bonds. The van der Waals surface area contributed by atoms with E-state index in [9.17, 15) is 13.6 Å². The van der Waals surface area contributed by atoms with Crippen LogP contribution in [0.25, 0.3) is 0 Å². The molecule has 0 saturated carbocycles. The number of amides is 1. The van der Waals surface area contributed by atoms with Crippen molar-refractivity contribution in [2.75, 3.05) is 0 Å². The third kappa shape index (κ3) is 2.67. The van der Waals surface area contributed by atoms with Crippen molar-refractivity contribution in [1.29, 1.82) is 0 Å². The van der Waals surface area contributed by atoms with Crippen LogP contribution in [-0.4, -0.2) is 16.0 Å². The van der Waals surface area contributed by atoms with Crippen molar-refractivity contribution in [2.45, 2.75) is 0 Å². The second kappa shape index (κ2) is 4.28. The molecule has 0 aliphatic heterocycles. The maximum Gasteiger partial charge on any atom is 0.274 e. The Morgan fingerprint density at radius 3 is 2.13 bits per heavy atom. The maximum absolute atomic E-state index is 12.7. The van der Waals surface area contributed by atoms with Gasteiger partial charge in [0, 0.05) is 11.6 Å². The van der Waals surface area contributed by atoms with Crippen molar-refractivity contribution in [3.63, 3.8) is 0 Å². The number of carbonyl (C=O) groups is 1. The quantitative estimate of drug-likeness (QED) is 0.320. The Hall–Kier alpha value is -1.60. The molecule has 80 valence electrons. The van der Waals surface area contributed by atoms with Gasteiger partial charge in [-0.15, -0.1) is 0 Å². The fourth-order valence-electron chi connectivity index (χ4n) is 0.916. The van der Waals surface area contributed by atoms with Crippen molar-refractivity contribution in [1.82, 2.24) is 5.01 Å². The summed E-state index contributed by atoms with van der Waals surface area (Å²) in [6, 6.07) is 2.31. The van der Waals surface area contributed by atoms with Crippen LogP contribution in [0.3, 0.4) is 0 Å². The number of thiocarbonyl (C=S) groups is 1. The zero-order valence-corrected chi connectivity index (χ0v) is 8.22. The lowest BCUT2D eigenvalue weighted by Gasteiger charge is -2.13. The van der Waals surface area contributed by atoms with Crippen molar-refractivity contribution in [3.05, 3.63) is 35.4 Å². The van der Waals surface area contributed by atoms with Crippen LogP contribution in [0.15, 0.2) is 18.2 Å². The van der Waals surface area contributed by atoms with Gasteiger partial charge < -0.3 is 5.73 Å². The first-order chi connectivity index (χ1) is 6.91. The topological polar surface area (TPSA) is 72.3 Å². The van der Waals surface area contributed by atoms with E-state index in [0.717, 1.165) is 12.1 Å². The second-order valence-corrected chi connectivity index (χ2v) is 3.09. The molecule has 0 unspecified atom stereocenters. The summed E-state index contributed by atoms with van der Waals surface area (Å²) in [6.45, 7) is 0. The van der Waals surface area contributed by atoms with E-state index in [1.807, 2.05) is 0 Å². The molecule has 0 fully saturated rings. The van der Waals surface area contributed by atoms with Crippen LogP contribution in [0.4, 0.5) is 8.78 Å². The van der Waals surface area contributed by atoms with Crippen molar-refractivity contribution < 1.29 is 13.6 Å². The summed E-state index contributed by atoms with van der Waals surface area (Å²) in [4.78, 5) is 11.4. The van der Waals surface area contributed by atoms with Crippen LogP contribution in [0.5, 0.6) is 0 Å². The normalized spacial score (nSPS) is 9.80. The van der Waals surface area contributed by atoms with Gasteiger partial charge in [-0.25, -0.2) is 19.6 Å². The fourth-order valence-corrected chi connectivity index (χ4v) is 0.999. The Labute approximate surface area is 89.4 Å². The molecule has 0 saturated heterocycles. The number of rotatable bonds is 1. The van der Waals surface area contributed by atoms with Crippen LogP contribution in [0.1, 0.15) is 10.4 Å². The molecule has 1 rings (SSSR count). The molecule has 4 N–H and O–H groups in total. The summed E-state index contributed by atoms with van der Waals surface area (Å²) in [6.07, 6.45) is 0. The van der Waals surface area contributed by atoms with Gasteiger partial charge in [-0.05, 0) is 24.4 Å². The Morgan fingerprint density at radius 1 is 1.27 bits per heavy atom. The molecule has 0 heterocycles. The second-order valence-electron chi connectivity index (χ2n) is 2.67. The Balaban J connectivity index is 3.06. The van der Waals surface area contributed by atoms with Gasteiger partial charge in [0.25, 0.3) is 5.91 Å². The summed E-state index contributed by atoms with van der Waals surface area (Å²) in [5.74, 6) is 2.53. The van der Waals surface area contributed by atoms with Crippen molar-refractivity contribution in [2.24, 2.45) is 11.6 Å². The summed E-state index contributed by atoms with van der Waals surface area (Å²) in [7, 11) is 0. The van der Waals surface area contributed by atoms with Gasteiger partial charge in [0.1, 0.15) is 11.6 Å². The van der Waals surface area contributed by atoms with E-state index in [-0.39, 0.29) is 10.7 Å². The first-order valence-corrected chi connectivity index (χ1v) is 4.17. The number of halogens is 2. The lowest BCUT2D eigenvalue weighted by Crippen LogP contribution is -2.45. The minimum absolute atomic E-state index is 0.261. The molecule has 0 aliphatic carbocycles. The predicted octanol–water partition coefficient (Wildman–Crippen LogP) is 0.524. The number of hydrazine groups is 1. The van der Waals surface area contributed by atoms with E-state index in [2.05, 4.69) is 12.2 Å². The van der Waals surface area contributed by atoms with Gasteiger partial charge in [0.05, 0.1) is 0 Å². The van der Waals surface area contributed by atoms with Crippen LogP contribution in [0.2, 0.25) is 0 Å². The van der Waals surface area contributed by atoms with Gasteiger partial charge in [0.15, 0.2) is 5.11 Å². The molecule has 7 heteroatoms. The average Bonchev–Trinajstić information content (AvgIpc) is 2.13. The van der Waals surface area contributed by atoms with Crippen LogP contribution in [-0.2, 0) is 0 Å². The lowest BCUT2D eigenvalue weighted by molar-refractivity contribution is 0.0847. The Kier molecular flexibility index (Phi) is 3.28. The molecule has 0 radical (unpaired) electrons. The van der Waals surface area contributed by atoms with Crippen molar-refractivity contribution in [3.8, 4) is 0 Å². The molecule has 15 heavy (non-hydrogen) atoms. The monoisotopic (exact) mass is 231 g/mol. The third-order valence-electron chi connectivity index (χ3n) is 1.57. The van der Waals surface area contributed by atoms with Gasteiger partial charge in [-0.3, -0.25) is 4.79 Å². The molecular formula is C8H7F2N3OS. The predicted molar refractivity (Wildman–Crippen MR) is 53.5 cm³/mol. The summed E-state index contributed by atoms with van der Waals surface area (Å²) < 4.78 is 25.5. The molecule has 0 atom stereocenters. The van der Waals surface area contributed by atoms with E-state index in [4.69, 9.17) is 11.6 Å². The van der Waals surface area contributed by atoms with Gasteiger partial charge in [0.2, 0.25) is 0 Å². The molecule has 0 aliphatic rings. The summed E-state index contributed by atoms with van der Waals surface area (Å²) >= 11 is 4.43. The highest BCUT2D eigenvalue weighted by molar-refractivity contribution is 7.80. The minimum Gasteiger partial charge on any atom is -0.375 e. The highest BCUT2D eigenvalue weighted by Crippen LogP contribution is 2.09. The molecular weight excluding hydrogens is 224 g/mol. The summed E-state index contributed by atoms with van der Waals surface area (Å²) in [5.41, 5.74) is 4.81. The zero-order valence-electron chi connectivity index (χ0n) is 7.41. The van der Waals surface area contributed by atoms with E-state index in [1.54, 1.807) is 0 Å². The molecule has 0 bridgehead atoms. The Bertz CT molecular complexity index is 404. The van der Waals surface area contributed by atoms with Crippen LogP contribution in [0, 0.1) is 11.6 Å². The largest absolute Gasteiger partial charge is 0.375 e. The SMILES string of the molecule is NC(=S)N(N)C(=O)c1cc(F)cc(F)c1. The number of nitrogens with zero attached hydrogens (tertiary/aromatic N) is 1.